The maximum absolute atomic E-state index is 14.6. The van der Waals surface area contributed by atoms with Crippen molar-refractivity contribution in [2.75, 3.05) is 32.7 Å². The van der Waals surface area contributed by atoms with Crippen molar-refractivity contribution in [2.24, 2.45) is 11.8 Å². The van der Waals surface area contributed by atoms with Gasteiger partial charge in [0.15, 0.2) is 0 Å². The second-order valence-electron chi connectivity index (χ2n) is 14.8. The number of piperazine rings is 1. The Morgan fingerprint density at radius 3 is 1.88 bits per heavy atom. The molecule has 4 aromatic carbocycles. The number of carbonyl (C=O) groups is 2. The van der Waals surface area contributed by atoms with E-state index < -0.39 is 12.1 Å². The van der Waals surface area contributed by atoms with Gasteiger partial charge in [-0.15, -0.1) is 0 Å². The molecular weight excluding hydrogens is 619 g/mol. The molecule has 4 atom stereocenters. The van der Waals surface area contributed by atoms with Crippen LogP contribution in [0, 0.1) is 11.8 Å². The summed E-state index contributed by atoms with van der Waals surface area (Å²) in [5.41, 5.74) is 4.39. The zero-order chi connectivity index (χ0) is 34.5. The average Bonchev–Trinajstić information content (AvgIpc) is 3.17. The van der Waals surface area contributed by atoms with Gasteiger partial charge in [-0.05, 0) is 111 Å². The number of amides is 2. The van der Waals surface area contributed by atoms with Crippen molar-refractivity contribution in [3.63, 3.8) is 0 Å². The van der Waals surface area contributed by atoms with Gasteiger partial charge < -0.3 is 20.9 Å². The van der Waals surface area contributed by atoms with Gasteiger partial charge in [0, 0.05) is 31.6 Å². The molecular formula is C43H53N5O2. The van der Waals surface area contributed by atoms with E-state index in [1.54, 1.807) is 0 Å². The van der Waals surface area contributed by atoms with Gasteiger partial charge in [-0.3, -0.25) is 14.5 Å². The Bertz CT molecular complexity index is 1710. The molecule has 4 aromatic rings. The van der Waals surface area contributed by atoms with E-state index in [-0.39, 0.29) is 11.8 Å². The maximum atomic E-state index is 14.6. The first-order valence-electron chi connectivity index (χ1n) is 18.8. The molecule has 3 heterocycles. The molecule has 0 spiro atoms. The van der Waals surface area contributed by atoms with Gasteiger partial charge in [0.25, 0.3) is 0 Å². The summed E-state index contributed by atoms with van der Waals surface area (Å²) in [4.78, 5) is 33.5. The van der Waals surface area contributed by atoms with Crippen molar-refractivity contribution in [2.45, 2.75) is 76.7 Å². The molecule has 0 bridgehead atoms. The summed E-state index contributed by atoms with van der Waals surface area (Å²) in [5.74, 6) is 1.07. The number of rotatable bonds is 11. The van der Waals surface area contributed by atoms with Gasteiger partial charge in [0.05, 0.1) is 0 Å². The number of nitrogens with one attached hydrogen (secondary N) is 3. The predicted molar refractivity (Wildman–Crippen MR) is 203 cm³/mol. The van der Waals surface area contributed by atoms with E-state index in [2.05, 4.69) is 114 Å². The van der Waals surface area contributed by atoms with Crippen LogP contribution in [0.2, 0.25) is 0 Å². The van der Waals surface area contributed by atoms with E-state index in [1.807, 2.05) is 23.1 Å². The van der Waals surface area contributed by atoms with Gasteiger partial charge in [-0.25, -0.2) is 0 Å². The standard InChI is InChI=1S/C43H53N5O2/c1-30(34-18-22-44-23-19-34)47(31(2)35-20-24-45-25-21-35)29-41-42(49)46-40(27-33-14-17-37-10-6-7-11-39(37)26-33)43(50)48(41)28-32-12-15-38(16-13-32)36-8-4-3-5-9-36/h3-17,26,30-31,34-35,40-41,44-45H,18-25,27-29H2,1-2H3,(H,46,49)/t30?,31?,40-,41-/m0/s1. The van der Waals surface area contributed by atoms with Crippen LogP contribution in [0.3, 0.4) is 0 Å². The Hall–Kier alpha value is -4.04. The number of hydrogen-bond donors (Lipinski definition) is 3. The zero-order valence-electron chi connectivity index (χ0n) is 29.7. The van der Waals surface area contributed by atoms with Crippen LogP contribution in [0.5, 0.6) is 0 Å². The minimum absolute atomic E-state index is 0.00103. The second kappa shape index (κ2) is 15.9. The Kier molecular flexibility index (Phi) is 10.9. The highest BCUT2D eigenvalue weighted by Crippen LogP contribution is 2.30. The lowest BCUT2D eigenvalue weighted by Crippen LogP contribution is -2.67. The van der Waals surface area contributed by atoms with E-state index in [4.69, 9.17) is 0 Å². The molecule has 2 amide bonds. The molecule has 3 aliphatic rings. The van der Waals surface area contributed by atoms with Crippen LogP contribution < -0.4 is 16.0 Å². The lowest BCUT2D eigenvalue weighted by atomic mass is 9.85. The Morgan fingerprint density at radius 2 is 1.24 bits per heavy atom. The van der Waals surface area contributed by atoms with Crippen molar-refractivity contribution in [1.82, 2.24) is 25.8 Å². The highest BCUT2D eigenvalue weighted by molar-refractivity contribution is 5.97. The molecule has 3 aliphatic heterocycles. The average molecular weight is 672 g/mol. The van der Waals surface area contributed by atoms with Crippen LogP contribution in [0.25, 0.3) is 21.9 Å². The fourth-order valence-corrected chi connectivity index (χ4v) is 8.66. The minimum atomic E-state index is -0.611. The van der Waals surface area contributed by atoms with Gasteiger partial charge in [-0.2, -0.15) is 0 Å². The minimum Gasteiger partial charge on any atom is -0.342 e. The molecule has 50 heavy (non-hydrogen) atoms. The molecule has 0 radical (unpaired) electrons. The third-order valence-corrected chi connectivity index (χ3v) is 11.8. The first-order valence-corrected chi connectivity index (χ1v) is 18.8. The van der Waals surface area contributed by atoms with E-state index in [0.717, 1.165) is 79.5 Å². The molecule has 7 rings (SSSR count). The van der Waals surface area contributed by atoms with E-state index in [0.29, 0.717) is 43.4 Å². The molecule has 2 unspecified atom stereocenters. The summed E-state index contributed by atoms with van der Waals surface area (Å²) in [6.45, 7) is 9.82. The molecule has 3 saturated heterocycles. The molecule has 0 saturated carbocycles. The fourth-order valence-electron chi connectivity index (χ4n) is 8.66. The van der Waals surface area contributed by atoms with Crippen LogP contribution in [-0.2, 0) is 22.6 Å². The first kappa shape index (κ1) is 34.4. The van der Waals surface area contributed by atoms with Crippen molar-refractivity contribution in [3.05, 3.63) is 108 Å². The molecule has 0 aliphatic carbocycles. The monoisotopic (exact) mass is 671 g/mol. The number of fused-ring (bicyclic) bond motifs is 1. The Labute approximate surface area is 297 Å². The summed E-state index contributed by atoms with van der Waals surface area (Å²) in [5, 5.41) is 12.6. The summed E-state index contributed by atoms with van der Waals surface area (Å²) in [6.07, 6.45) is 5.01. The van der Waals surface area contributed by atoms with Gasteiger partial charge in [0.2, 0.25) is 11.8 Å². The van der Waals surface area contributed by atoms with Gasteiger partial charge in [0.1, 0.15) is 12.1 Å². The van der Waals surface area contributed by atoms with Crippen molar-refractivity contribution >= 4 is 22.6 Å². The highest BCUT2D eigenvalue weighted by atomic mass is 16.2. The summed E-state index contributed by atoms with van der Waals surface area (Å²) in [6, 6.07) is 32.9. The fraction of sp³-hybridized carbons (Fsp3) is 0.442. The SMILES string of the molecule is CC(C1CCNCC1)N(C[C@H]1C(=O)N[C@@H](Cc2ccc3ccccc3c2)C(=O)N1Cc1ccc(-c2ccccc2)cc1)C(C)C1CCNCC1. The lowest BCUT2D eigenvalue weighted by Gasteiger charge is -2.47. The number of benzene rings is 4. The summed E-state index contributed by atoms with van der Waals surface area (Å²) < 4.78 is 0. The number of hydrogen-bond acceptors (Lipinski definition) is 5. The molecule has 0 aromatic heterocycles. The van der Waals surface area contributed by atoms with Crippen molar-refractivity contribution in [1.29, 1.82) is 0 Å². The molecule has 262 valence electrons. The number of piperidine rings is 2. The van der Waals surface area contributed by atoms with Gasteiger partial charge in [-0.1, -0.05) is 97.1 Å². The molecule has 3 fully saturated rings. The normalized spacial score (nSPS) is 22.1. The van der Waals surface area contributed by atoms with E-state index >= 15 is 0 Å². The van der Waals surface area contributed by atoms with Crippen LogP contribution in [-0.4, -0.2) is 78.5 Å². The van der Waals surface area contributed by atoms with Crippen LogP contribution >= 0.6 is 0 Å². The first-order chi connectivity index (χ1) is 24.4. The number of nitrogens with zero attached hydrogens (tertiary/aromatic N) is 2. The topological polar surface area (TPSA) is 76.7 Å². The van der Waals surface area contributed by atoms with Crippen molar-refractivity contribution < 1.29 is 9.59 Å². The Morgan fingerprint density at radius 1 is 0.680 bits per heavy atom. The zero-order valence-corrected chi connectivity index (χ0v) is 29.7. The number of carbonyl (C=O) groups excluding carboxylic acids is 2. The van der Waals surface area contributed by atoms with Crippen molar-refractivity contribution in [3.8, 4) is 11.1 Å². The second-order valence-corrected chi connectivity index (χ2v) is 14.8. The van der Waals surface area contributed by atoms with Crippen LogP contribution in [0.1, 0.15) is 50.7 Å². The van der Waals surface area contributed by atoms with Crippen LogP contribution in [0.4, 0.5) is 0 Å². The third kappa shape index (κ3) is 7.80. The van der Waals surface area contributed by atoms with Gasteiger partial charge >= 0.3 is 0 Å². The van der Waals surface area contributed by atoms with E-state index in [1.165, 1.54) is 5.39 Å². The smallest absolute Gasteiger partial charge is 0.246 e. The summed E-state index contributed by atoms with van der Waals surface area (Å²) in [7, 11) is 0. The third-order valence-electron chi connectivity index (χ3n) is 11.8. The Balaban J connectivity index is 1.18. The largest absolute Gasteiger partial charge is 0.342 e. The molecule has 7 nitrogen and oxygen atoms in total. The van der Waals surface area contributed by atoms with Crippen LogP contribution in [0.15, 0.2) is 97.1 Å². The highest BCUT2D eigenvalue weighted by Gasteiger charge is 2.43. The van der Waals surface area contributed by atoms with E-state index in [9.17, 15) is 9.59 Å². The predicted octanol–water partition coefficient (Wildman–Crippen LogP) is 6.02. The lowest BCUT2D eigenvalue weighted by molar-refractivity contribution is -0.151. The molecule has 7 heteroatoms. The quantitative estimate of drug-likeness (QED) is 0.182. The maximum Gasteiger partial charge on any atom is 0.246 e. The summed E-state index contributed by atoms with van der Waals surface area (Å²) >= 11 is 0. The molecule has 3 N–H and O–H groups in total.